The van der Waals surface area contributed by atoms with Gasteiger partial charge in [0.2, 0.25) is 15.9 Å². The number of nitrogens with zero attached hydrogens (tertiary/aromatic N) is 1. The number of amides is 2. The van der Waals surface area contributed by atoms with Crippen molar-refractivity contribution < 1.29 is 18.0 Å². The predicted octanol–water partition coefficient (Wildman–Crippen LogP) is 5.76. The molecule has 8 heteroatoms. The molecule has 0 heterocycles. The Bertz CT molecular complexity index is 1370. The summed E-state index contributed by atoms with van der Waals surface area (Å²) in [6, 6.07) is 21.4. The monoisotopic (exact) mass is 521 g/mol. The number of anilines is 3. The van der Waals surface area contributed by atoms with E-state index in [0.29, 0.717) is 22.6 Å². The summed E-state index contributed by atoms with van der Waals surface area (Å²) in [5, 5.41) is 5.59. The molecule has 0 aromatic heterocycles. The van der Waals surface area contributed by atoms with E-state index in [1.165, 1.54) is 0 Å². The molecular weight excluding hydrogens is 486 g/mol. The van der Waals surface area contributed by atoms with Crippen LogP contribution in [0.15, 0.2) is 72.8 Å². The van der Waals surface area contributed by atoms with Crippen molar-refractivity contribution in [2.24, 2.45) is 0 Å². The molecule has 0 spiro atoms. The Morgan fingerprint density at radius 1 is 0.865 bits per heavy atom. The van der Waals surface area contributed by atoms with E-state index in [9.17, 15) is 18.0 Å². The summed E-state index contributed by atoms with van der Waals surface area (Å²) in [7, 11) is -3.71. The third-order valence-corrected chi connectivity index (χ3v) is 7.06. The highest BCUT2D eigenvalue weighted by Crippen LogP contribution is 2.29. The van der Waals surface area contributed by atoms with Gasteiger partial charge in [-0.3, -0.25) is 13.9 Å². The number of sulfonamides is 1. The van der Waals surface area contributed by atoms with Crippen LogP contribution in [-0.4, -0.2) is 33.0 Å². The molecule has 2 amide bonds. The molecule has 7 nitrogen and oxygen atoms in total. The van der Waals surface area contributed by atoms with E-state index in [1.54, 1.807) is 48.5 Å². The minimum atomic E-state index is -3.71. The molecule has 0 bridgehead atoms. The van der Waals surface area contributed by atoms with Gasteiger partial charge in [-0.05, 0) is 58.9 Å². The molecule has 37 heavy (non-hydrogen) atoms. The summed E-state index contributed by atoms with van der Waals surface area (Å²) in [6.07, 6.45) is 1.08. The van der Waals surface area contributed by atoms with Crippen molar-refractivity contribution in [1.29, 1.82) is 0 Å². The summed E-state index contributed by atoms with van der Waals surface area (Å²) in [5.74, 6) is -0.684. The van der Waals surface area contributed by atoms with Crippen LogP contribution >= 0.6 is 0 Å². The second-order valence-corrected chi connectivity index (χ2v) is 12.3. The quantitative estimate of drug-likeness (QED) is 0.394. The van der Waals surface area contributed by atoms with Crippen LogP contribution in [0, 0.1) is 0 Å². The first kappa shape index (κ1) is 27.9. The highest BCUT2D eigenvalue weighted by Gasteiger charge is 2.24. The van der Waals surface area contributed by atoms with Crippen molar-refractivity contribution in [3.63, 3.8) is 0 Å². The van der Waals surface area contributed by atoms with Crippen LogP contribution in [0.2, 0.25) is 0 Å². The first-order valence-electron chi connectivity index (χ1n) is 12.1. The molecule has 3 aromatic rings. The fourth-order valence-electron chi connectivity index (χ4n) is 3.91. The molecule has 0 fully saturated rings. The van der Waals surface area contributed by atoms with Crippen LogP contribution in [0.3, 0.4) is 0 Å². The molecule has 0 saturated heterocycles. The Morgan fingerprint density at radius 3 is 2.03 bits per heavy atom. The summed E-state index contributed by atoms with van der Waals surface area (Å²) < 4.78 is 26.3. The Balaban J connectivity index is 1.73. The fraction of sp³-hybridized carbons (Fsp3) is 0.310. The predicted molar refractivity (Wildman–Crippen MR) is 151 cm³/mol. The Labute approximate surface area is 220 Å². The molecule has 196 valence electrons. The topological polar surface area (TPSA) is 95.6 Å². The minimum absolute atomic E-state index is 0.00883. The van der Waals surface area contributed by atoms with E-state index < -0.39 is 15.9 Å². The Hall–Kier alpha value is -3.65. The maximum Gasteiger partial charge on any atom is 0.255 e. The van der Waals surface area contributed by atoms with E-state index in [0.717, 1.165) is 21.7 Å². The van der Waals surface area contributed by atoms with Crippen LogP contribution in [0.5, 0.6) is 0 Å². The zero-order valence-corrected chi connectivity index (χ0v) is 23.0. The summed E-state index contributed by atoms with van der Waals surface area (Å²) >= 11 is 0. The number of carbonyl (C=O) groups is 2. The number of benzene rings is 3. The molecule has 0 aliphatic carbocycles. The Morgan fingerprint density at radius 2 is 1.46 bits per heavy atom. The molecule has 0 unspecified atom stereocenters. The van der Waals surface area contributed by atoms with Crippen molar-refractivity contribution >= 4 is 38.9 Å². The van der Waals surface area contributed by atoms with Crippen LogP contribution < -0.4 is 14.9 Å². The summed E-state index contributed by atoms with van der Waals surface area (Å²) in [6.45, 7) is 9.90. The van der Waals surface area contributed by atoms with Crippen molar-refractivity contribution in [3.05, 3.63) is 89.5 Å². The highest BCUT2D eigenvalue weighted by atomic mass is 32.2. The fourth-order valence-corrected chi connectivity index (χ4v) is 4.79. The van der Waals surface area contributed by atoms with Gasteiger partial charge >= 0.3 is 0 Å². The molecule has 0 aliphatic heterocycles. The lowest BCUT2D eigenvalue weighted by Crippen LogP contribution is -2.38. The van der Waals surface area contributed by atoms with Crippen LogP contribution in [-0.2, 0) is 20.2 Å². The standard InChI is InChI=1S/C29H35N3O4S/c1-20(2)25-12-7-8-13-26(25)32(37(6,35)36)19-27(33)30-23-10-9-11-24(18-23)31-28(34)21-14-16-22(17-15-21)29(3,4)5/h7-18,20H,19H2,1-6H3,(H,30,33)(H,31,34). The zero-order chi connectivity index (χ0) is 27.4. The Kier molecular flexibility index (Phi) is 8.43. The highest BCUT2D eigenvalue weighted by molar-refractivity contribution is 7.92. The zero-order valence-electron chi connectivity index (χ0n) is 22.2. The van der Waals surface area contributed by atoms with E-state index in [2.05, 4.69) is 31.4 Å². The van der Waals surface area contributed by atoms with Gasteiger partial charge in [0.1, 0.15) is 6.54 Å². The lowest BCUT2D eigenvalue weighted by atomic mass is 9.87. The third kappa shape index (κ3) is 7.43. The lowest BCUT2D eigenvalue weighted by molar-refractivity contribution is -0.114. The normalized spacial score (nSPS) is 11.8. The lowest BCUT2D eigenvalue weighted by Gasteiger charge is -2.25. The number of nitrogens with one attached hydrogen (secondary N) is 2. The molecule has 0 atom stereocenters. The maximum atomic E-state index is 12.9. The number of para-hydroxylation sites is 1. The number of hydrogen-bond acceptors (Lipinski definition) is 4. The van der Waals surface area contributed by atoms with Gasteiger partial charge in [-0.1, -0.05) is 71.0 Å². The number of hydrogen-bond donors (Lipinski definition) is 2. The van der Waals surface area contributed by atoms with Crippen molar-refractivity contribution in [2.75, 3.05) is 27.7 Å². The molecule has 0 aliphatic rings. The molecule has 0 radical (unpaired) electrons. The largest absolute Gasteiger partial charge is 0.324 e. The number of carbonyl (C=O) groups excluding carboxylic acids is 2. The average Bonchev–Trinajstić information content (AvgIpc) is 2.81. The van der Waals surface area contributed by atoms with Gasteiger partial charge in [0.25, 0.3) is 5.91 Å². The molecule has 0 saturated carbocycles. The first-order valence-corrected chi connectivity index (χ1v) is 14.0. The van der Waals surface area contributed by atoms with Gasteiger partial charge in [0, 0.05) is 16.9 Å². The van der Waals surface area contributed by atoms with E-state index >= 15 is 0 Å². The second kappa shape index (κ2) is 11.2. The molecular formula is C29H35N3O4S. The van der Waals surface area contributed by atoms with Crippen LogP contribution in [0.1, 0.15) is 62.0 Å². The minimum Gasteiger partial charge on any atom is -0.324 e. The molecule has 2 N–H and O–H groups in total. The van der Waals surface area contributed by atoms with E-state index in [1.807, 2.05) is 38.1 Å². The maximum absolute atomic E-state index is 12.9. The van der Waals surface area contributed by atoms with E-state index in [4.69, 9.17) is 0 Å². The van der Waals surface area contributed by atoms with Gasteiger partial charge in [-0.2, -0.15) is 0 Å². The number of rotatable bonds is 8. The van der Waals surface area contributed by atoms with Crippen molar-refractivity contribution in [3.8, 4) is 0 Å². The third-order valence-electron chi connectivity index (χ3n) is 5.93. The van der Waals surface area contributed by atoms with Crippen molar-refractivity contribution in [1.82, 2.24) is 0 Å². The molecule has 3 aromatic carbocycles. The van der Waals surface area contributed by atoms with Gasteiger partial charge in [-0.25, -0.2) is 8.42 Å². The van der Waals surface area contributed by atoms with Gasteiger partial charge in [0.05, 0.1) is 11.9 Å². The SMILES string of the molecule is CC(C)c1ccccc1N(CC(=O)Nc1cccc(NC(=O)c2ccc(C(C)(C)C)cc2)c1)S(C)(=O)=O. The average molecular weight is 522 g/mol. The summed E-state index contributed by atoms with van der Waals surface area (Å²) in [4.78, 5) is 25.6. The smallest absolute Gasteiger partial charge is 0.255 e. The van der Waals surface area contributed by atoms with Gasteiger partial charge in [-0.15, -0.1) is 0 Å². The molecule has 3 rings (SSSR count). The second-order valence-electron chi connectivity index (χ2n) is 10.4. The first-order chi connectivity index (χ1) is 17.3. The van der Waals surface area contributed by atoms with Crippen LogP contribution in [0.4, 0.5) is 17.1 Å². The van der Waals surface area contributed by atoms with Crippen molar-refractivity contribution in [2.45, 2.75) is 46.0 Å². The van der Waals surface area contributed by atoms with Crippen LogP contribution in [0.25, 0.3) is 0 Å². The van der Waals surface area contributed by atoms with Gasteiger partial charge in [0.15, 0.2) is 0 Å². The van der Waals surface area contributed by atoms with E-state index in [-0.39, 0.29) is 23.8 Å². The summed E-state index contributed by atoms with van der Waals surface area (Å²) in [5.41, 5.74) is 3.91. The van der Waals surface area contributed by atoms with Gasteiger partial charge < -0.3 is 10.6 Å².